The SMILES string of the molecule is CCn1cc(C(N)c2c(C)nn(C)c2C)cn1. The lowest BCUT2D eigenvalue weighted by atomic mass is 10.0. The molecule has 0 amide bonds. The van der Waals surface area contributed by atoms with Crippen molar-refractivity contribution in [1.82, 2.24) is 19.6 Å². The number of aromatic nitrogens is 4. The molecular formula is C12H19N5. The Hall–Kier alpha value is -1.62. The van der Waals surface area contributed by atoms with Crippen LogP contribution in [0.2, 0.25) is 0 Å². The van der Waals surface area contributed by atoms with Gasteiger partial charge in [0.1, 0.15) is 0 Å². The van der Waals surface area contributed by atoms with Crippen LogP contribution in [0.15, 0.2) is 12.4 Å². The summed E-state index contributed by atoms with van der Waals surface area (Å²) >= 11 is 0. The zero-order valence-electron chi connectivity index (χ0n) is 10.8. The van der Waals surface area contributed by atoms with Gasteiger partial charge in [0.25, 0.3) is 0 Å². The predicted octanol–water partition coefficient (Wildman–Crippen LogP) is 1.30. The van der Waals surface area contributed by atoms with Gasteiger partial charge in [-0.2, -0.15) is 10.2 Å². The van der Waals surface area contributed by atoms with Crippen molar-refractivity contribution in [2.24, 2.45) is 12.8 Å². The number of nitrogens with zero attached hydrogens (tertiary/aromatic N) is 4. The summed E-state index contributed by atoms with van der Waals surface area (Å²) in [6.07, 6.45) is 3.83. The second-order valence-electron chi connectivity index (χ2n) is 4.32. The average Bonchev–Trinajstić information content (AvgIpc) is 2.85. The molecule has 0 aliphatic carbocycles. The smallest absolute Gasteiger partial charge is 0.0647 e. The Morgan fingerprint density at radius 2 is 2.12 bits per heavy atom. The first-order valence-corrected chi connectivity index (χ1v) is 5.82. The van der Waals surface area contributed by atoms with Gasteiger partial charge in [-0.15, -0.1) is 0 Å². The molecule has 0 saturated carbocycles. The average molecular weight is 233 g/mol. The highest BCUT2D eigenvalue weighted by molar-refractivity contribution is 5.34. The topological polar surface area (TPSA) is 61.7 Å². The Labute approximate surface area is 101 Å². The molecule has 0 fully saturated rings. The maximum atomic E-state index is 6.29. The largest absolute Gasteiger partial charge is 0.320 e. The van der Waals surface area contributed by atoms with Crippen molar-refractivity contribution < 1.29 is 0 Å². The number of rotatable bonds is 3. The summed E-state index contributed by atoms with van der Waals surface area (Å²) in [4.78, 5) is 0. The van der Waals surface area contributed by atoms with E-state index in [1.54, 1.807) is 0 Å². The van der Waals surface area contributed by atoms with Gasteiger partial charge in [0.15, 0.2) is 0 Å². The summed E-state index contributed by atoms with van der Waals surface area (Å²) in [6.45, 7) is 6.95. The van der Waals surface area contributed by atoms with Crippen molar-refractivity contribution in [3.05, 3.63) is 34.9 Å². The molecule has 2 rings (SSSR count). The van der Waals surface area contributed by atoms with E-state index in [1.807, 2.05) is 42.7 Å². The van der Waals surface area contributed by atoms with Gasteiger partial charge in [-0.1, -0.05) is 0 Å². The van der Waals surface area contributed by atoms with Gasteiger partial charge in [0.2, 0.25) is 0 Å². The molecule has 1 atom stereocenters. The van der Waals surface area contributed by atoms with E-state index in [1.165, 1.54) is 0 Å². The fraction of sp³-hybridized carbons (Fsp3) is 0.500. The van der Waals surface area contributed by atoms with Crippen LogP contribution in [-0.4, -0.2) is 19.6 Å². The Morgan fingerprint density at radius 1 is 1.41 bits per heavy atom. The summed E-state index contributed by atoms with van der Waals surface area (Å²) in [6, 6.07) is -0.149. The lowest BCUT2D eigenvalue weighted by molar-refractivity contribution is 0.658. The van der Waals surface area contributed by atoms with Gasteiger partial charge in [-0.05, 0) is 20.8 Å². The quantitative estimate of drug-likeness (QED) is 0.869. The summed E-state index contributed by atoms with van der Waals surface area (Å²) in [5.74, 6) is 0. The monoisotopic (exact) mass is 233 g/mol. The number of aryl methyl sites for hydroxylation is 3. The normalized spacial score (nSPS) is 13.0. The Kier molecular flexibility index (Phi) is 3.02. The minimum absolute atomic E-state index is 0.149. The van der Waals surface area contributed by atoms with Crippen LogP contribution in [0.3, 0.4) is 0 Å². The third kappa shape index (κ3) is 1.98. The van der Waals surface area contributed by atoms with E-state index in [9.17, 15) is 0 Å². The van der Waals surface area contributed by atoms with Crippen molar-refractivity contribution in [2.75, 3.05) is 0 Å². The van der Waals surface area contributed by atoms with Gasteiger partial charge >= 0.3 is 0 Å². The number of hydrogen-bond donors (Lipinski definition) is 1. The second-order valence-corrected chi connectivity index (χ2v) is 4.32. The molecule has 2 N–H and O–H groups in total. The minimum Gasteiger partial charge on any atom is -0.320 e. The fourth-order valence-electron chi connectivity index (χ4n) is 2.12. The highest BCUT2D eigenvalue weighted by Gasteiger charge is 2.19. The molecular weight excluding hydrogens is 214 g/mol. The van der Waals surface area contributed by atoms with Crippen molar-refractivity contribution >= 4 is 0 Å². The molecule has 2 aromatic rings. The first-order valence-electron chi connectivity index (χ1n) is 5.82. The lowest BCUT2D eigenvalue weighted by Gasteiger charge is -2.10. The molecule has 1 unspecified atom stereocenters. The third-order valence-electron chi connectivity index (χ3n) is 3.21. The third-order valence-corrected chi connectivity index (χ3v) is 3.21. The van der Waals surface area contributed by atoms with E-state index < -0.39 is 0 Å². The Morgan fingerprint density at radius 3 is 2.59 bits per heavy atom. The number of hydrogen-bond acceptors (Lipinski definition) is 3. The first kappa shape index (κ1) is 11.9. The molecule has 92 valence electrons. The van der Waals surface area contributed by atoms with E-state index in [-0.39, 0.29) is 6.04 Å². The van der Waals surface area contributed by atoms with Gasteiger partial charge < -0.3 is 5.73 Å². The first-order chi connectivity index (χ1) is 8.04. The van der Waals surface area contributed by atoms with Crippen LogP contribution in [0.1, 0.15) is 35.5 Å². The van der Waals surface area contributed by atoms with Crippen LogP contribution in [0, 0.1) is 13.8 Å². The van der Waals surface area contributed by atoms with Crippen molar-refractivity contribution in [3.63, 3.8) is 0 Å². The van der Waals surface area contributed by atoms with E-state index in [4.69, 9.17) is 5.73 Å². The van der Waals surface area contributed by atoms with Crippen molar-refractivity contribution in [2.45, 2.75) is 33.4 Å². The van der Waals surface area contributed by atoms with E-state index >= 15 is 0 Å². The molecule has 0 aromatic carbocycles. The van der Waals surface area contributed by atoms with Gasteiger partial charge in [0.05, 0.1) is 17.9 Å². The lowest BCUT2D eigenvalue weighted by Crippen LogP contribution is -2.13. The predicted molar refractivity (Wildman–Crippen MR) is 66.6 cm³/mol. The molecule has 17 heavy (non-hydrogen) atoms. The number of nitrogens with two attached hydrogens (primary N) is 1. The molecule has 2 heterocycles. The van der Waals surface area contributed by atoms with Crippen LogP contribution < -0.4 is 5.73 Å². The summed E-state index contributed by atoms with van der Waals surface area (Å²) in [5.41, 5.74) is 10.5. The van der Waals surface area contributed by atoms with Crippen molar-refractivity contribution in [1.29, 1.82) is 0 Å². The minimum atomic E-state index is -0.149. The zero-order valence-corrected chi connectivity index (χ0v) is 10.8. The maximum Gasteiger partial charge on any atom is 0.0647 e. The zero-order chi connectivity index (χ0) is 12.6. The molecule has 0 radical (unpaired) electrons. The van der Waals surface area contributed by atoms with Crippen LogP contribution in [0.5, 0.6) is 0 Å². The van der Waals surface area contributed by atoms with E-state index in [0.29, 0.717) is 0 Å². The molecule has 5 heteroatoms. The standard InChI is InChI=1S/C12H19N5/c1-5-17-7-10(6-14-17)12(13)11-8(2)15-16(4)9(11)3/h6-7,12H,5,13H2,1-4H3. The van der Waals surface area contributed by atoms with Gasteiger partial charge in [-0.3, -0.25) is 9.36 Å². The molecule has 0 spiro atoms. The van der Waals surface area contributed by atoms with Gasteiger partial charge in [0, 0.05) is 36.6 Å². The molecule has 0 saturated heterocycles. The summed E-state index contributed by atoms with van der Waals surface area (Å²) < 4.78 is 3.75. The van der Waals surface area contributed by atoms with Crippen LogP contribution >= 0.6 is 0 Å². The van der Waals surface area contributed by atoms with E-state index in [0.717, 1.165) is 29.1 Å². The molecule has 0 aliphatic rings. The molecule has 0 aliphatic heterocycles. The highest BCUT2D eigenvalue weighted by Crippen LogP contribution is 2.24. The van der Waals surface area contributed by atoms with Crippen LogP contribution in [0.25, 0.3) is 0 Å². The second kappa shape index (κ2) is 4.33. The fourth-order valence-corrected chi connectivity index (χ4v) is 2.12. The summed E-state index contributed by atoms with van der Waals surface area (Å²) in [5, 5.41) is 8.65. The molecule has 2 aromatic heterocycles. The maximum absolute atomic E-state index is 6.29. The van der Waals surface area contributed by atoms with Crippen LogP contribution in [-0.2, 0) is 13.6 Å². The molecule has 5 nitrogen and oxygen atoms in total. The van der Waals surface area contributed by atoms with E-state index in [2.05, 4.69) is 17.1 Å². The van der Waals surface area contributed by atoms with Gasteiger partial charge in [-0.25, -0.2) is 0 Å². The van der Waals surface area contributed by atoms with Crippen molar-refractivity contribution in [3.8, 4) is 0 Å². The molecule has 0 bridgehead atoms. The highest BCUT2D eigenvalue weighted by atomic mass is 15.3. The Balaban J connectivity index is 2.39. The van der Waals surface area contributed by atoms with Crippen LogP contribution in [0.4, 0.5) is 0 Å². The summed E-state index contributed by atoms with van der Waals surface area (Å²) in [7, 11) is 1.94. The Bertz CT molecular complexity index is 523.